The molecular formula is C20H21F2NO. The Hall–Kier alpha value is -2.23. The van der Waals surface area contributed by atoms with E-state index in [0.717, 1.165) is 23.8 Å². The minimum Gasteiger partial charge on any atom is -0.391 e. The van der Waals surface area contributed by atoms with Gasteiger partial charge in [0.2, 0.25) is 0 Å². The van der Waals surface area contributed by atoms with Gasteiger partial charge in [-0.3, -0.25) is 0 Å². The summed E-state index contributed by atoms with van der Waals surface area (Å²) in [7, 11) is 0. The fourth-order valence-electron chi connectivity index (χ4n) is 3.19. The molecule has 0 aliphatic heterocycles. The molecule has 1 fully saturated rings. The first kappa shape index (κ1) is 16.6. The van der Waals surface area contributed by atoms with Gasteiger partial charge >= 0.3 is 0 Å². The molecule has 1 aliphatic carbocycles. The lowest BCUT2D eigenvalue weighted by Gasteiger charge is -2.22. The van der Waals surface area contributed by atoms with Crippen LogP contribution < -0.4 is 0 Å². The Balaban J connectivity index is 1.59. The molecule has 2 aromatic carbocycles. The van der Waals surface area contributed by atoms with Gasteiger partial charge in [-0.25, -0.2) is 8.78 Å². The van der Waals surface area contributed by atoms with Crippen LogP contribution in [0.15, 0.2) is 47.6 Å². The van der Waals surface area contributed by atoms with E-state index in [4.69, 9.17) is 4.84 Å². The summed E-state index contributed by atoms with van der Waals surface area (Å²) in [6.07, 6.45) is 8.04. The summed E-state index contributed by atoms with van der Waals surface area (Å²) in [5.41, 5.74) is 2.45. The molecule has 126 valence electrons. The molecule has 0 spiro atoms. The molecule has 0 heterocycles. The van der Waals surface area contributed by atoms with Crippen molar-refractivity contribution in [3.05, 3.63) is 70.8 Å². The third kappa shape index (κ3) is 4.40. The van der Waals surface area contributed by atoms with Crippen molar-refractivity contribution in [1.29, 1.82) is 0 Å². The van der Waals surface area contributed by atoms with Gasteiger partial charge in [-0.2, -0.15) is 0 Å². The molecule has 0 bridgehead atoms. The summed E-state index contributed by atoms with van der Waals surface area (Å²) < 4.78 is 26.6. The highest BCUT2D eigenvalue weighted by Crippen LogP contribution is 2.32. The zero-order valence-electron chi connectivity index (χ0n) is 13.6. The molecule has 0 aromatic heterocycles. The quantitative estimate of drug-likeness (QED) is 0.519. The van der Waals surface area contributed by atoms with Gasteiger partial charge in [0.25, 0.3) is 0 Å². The maximum absolute atomic E-state index is 13.5. The Morgan fingerprint density at radius 1 is 1.04 bits per heavy atom. The first-order chi connectivity index (χ1) is 11.7. The van der Waals surface area contributed by atoms with Gasteiger partial charge in [0.15, 0.2) is 0 Å². The van der Waals surface area contributed by atoms with Crippen molar-refractivity contribution in [2.24, 2.45) is 5.16 Å². The minimum absolute atomic E-state index is 0.0948. The lowest BCUT2D eigenvalue weighted by molar-refractivity contribution is 0.129. The highest BCUT2D eigenvalue weighted by Gasteiger charge is 2.15. The molecule has 3 rings (SSSR count). The maximum atomic E-state index is 13.5. The average molecular weight is 329 g/mol. The zero-order chi connectivity index (χ0) is 16.8. The standard InChI is InChI=1S/C20H21F2NO/c21-19-9-10-20(22)18(12-19)14-24-23-13-15-5-4-8-17(11-15)16-6-2-1-3-7-16/h4-5,8-13,16H,1-3,6-7,14H2. The van der Waals surface area contributed by atoms with Gasteiger partial charge in [0, 0.05) is 5.56 Å². The van der Waals surface area contributed by atoms with Crippen LogP contribution in [0.1, 0.15) is 54.7 Å². The Morgan fingerprint density at radius 3 is 2.71 bits per heavy atom. The first-order valence-corrected chi connectivity index (χ1v) is 8.41. The highest BCUT2D eigenvalue weighted by molar-refractivity contribution is 5.79. The molecular weight excluding hydrogens is 308 g/mol. The third-order valence-corrected chi connectivity index (χ3v) is 4.49. The summed E-state index contributed by atoms with van der Waals surface area (Å²) >= 11 is 0. The van der Waals surface area contributed by atoms with Crippen molar-refractivity contribution in [3.8, 4) is 0 Å². The first-order valence-electron chi connectivity index (χ1n) is 8.41. The Morgan fingerprint density at radius 2 is 1.88 bits per heavy atom. The molecule has 1 saturated carbocycles. The van der Waals surface area contributed by atoms with Gasteiger partial charge in [-0.15, -0.1) is 0 Å². The molecule has 4 heteroatoms. The largest absolute Gasteiger partial charge is 0.391 e. The second-order valence-corrected chi connectivity index (χ2v) is 6.25. The van der Waals surface area contributed by atoms with E-state index in [1.54, 1.807) is 6.21 Å². The smallest absolute Gasteiger partial charge is 0.145 e. The number of hydrogen-bond donors (Lipinski definition) is 0. The van der Waals surface area contributed by atoms with E-state index in [0.29, 0.717) is 5.92 Å². The van der Waals surface area contributed by atoms with Crippen molar-refractivity contribution in [2.45, 2.75) is 44.6 Å². The van der Waals surface area contributed by atoms with Crippen LogP contribution in [0.4, 0.5) is 8.78 Å². The predicted molar refractivity (Wildman–Crippen MR) is 91.0 cm³/mol. The van der Waals surface area contributed by atoms with Crippen molar-refractivity contribution in [3.63, 3.8) is 0 Å². The van der Waals surface area contributed by atoms with Gasteiger partial charge in [0.05, 0.1) is 6.21 Å². The lowest BCUT2D eigenvalue weighted by atomic mass is 9.84. The van der Waals surface area contributed by atoms with Crippen molar-refractivity contribution in [2.75, 3.05) is 0 Å². The van der Waals surface area contributed by atoms with Crippen LogP contribution in [0, 0.1) is 11.6 Å². The zero-order valence-corrected chi connectivity index (χ0v) is 13.6. The van der Waals surface area contributed by atoms with Crippen LogP contribution in [0.2, 0.25) is 0 Å². The second-order valence-electron chi connectivity index (χ2n) is 6.25. The van der Waals surface area contributed by atoms with Crippen molar-refractivity contribution in [1.82, 2.24) is 0 Å². The monoisotopic (exact) mass is 329 g/mol. The molecule has 0 amide bonds. The van der Waals surface area contributed by atoms with E-state index in [9.17, 15) is 8.78 Å². The molecule has 2 nitrogen and oxygen atoms in total. The van der Waals surface area contributed by atoms with Crippen molar-refractivity contribution < 1.29 is 13.6 Å². The van der Waals surface area contributed by atoms with E-state index in [-0.39, 0.29) is 12.2 Å². The number of rotatable bonds is 5. The topological polar surface area (TPSA) is 21.6 Å². The average Bonchev–Trinajstić information content (AvgIpc) is 2.62. The number of benzene rings is 2. The third-order valence-electron chi connectivity index (χ3n) is 4.49. The molecule has 24 heavy (non-hydrogen) atoms. The molecule has 0 N–H and O–H groups in total. The number of nitrogens with zero attached hydrogens (tertiary/aromatic N) is 1. The Bertz CT molecular complexity index is 709. The van der Waals surface area contributed by atoms with Crippen molar-refractivity contribution >= 4 is 6.21 Å². The highest BCUT2D eigenvalue weighted by atomic mass is 19.1. The fourth-order valence-corrected chi connectivity index (χ4v) is 3.19. The van der Waals surface area contributed by atoms with Crippen LogP contribution in [0.3, 0.4) is 0 Å². The lowest BCUT2D eigenvalue weighted by Crippen LogP contribution is -2.04. The molecule has 2 aromatic rings. The number of halogens is 2. The van der Waals surface area contributed by atoms with Crippen LogP contribution in [0.25, 0.3) is 0 Å². The maximum Gasteiger partial charge on any atom is 0.145 e. The van der Waals surface area contributed by atoms with Gasteiger partial charge in [-0.05, 0) is 54.2 Å². The minimum atomic E-state index is -0.495. The van der Waals surface area contributed by atoms with Gasteiger partial charge in [-0.1, -0.05) is 42.6 Å². The normalized spacial score (nSPS) is 15.8. The van der Waals surface area contributed by atoms with Gasteiger partial charge < -0.3 is 4.84 Å². The molecule has 0 atom stereocenters. The number of hydrogen-bond acceptors (Lipinski definition) is 2. The predicted octanol–water partition coefficient (Wildman–Crippen LogP) is 5.56. The molecule has 0 radical (unpaired) electrons. The second kappa shape index (κ2) is 8.04. The summed E-state index contributed by atoms with van der Waals surface area (Å²) in [6.45, 7) is -0.0948. The summed E-state index contributed by atoms with van der Waals surface area (Å²) in [5.74, 6) is -0.348. The number of oxime groups is 1. The van der Waals surface area contributed by atoms with E-state index in [2.05, 4.69) is 17.3 Å². The van der Waals surface area contributed by atoms with E-state index in [1.807, 2.05) is 12.1 Å². The molecule has 0 saturated heterocycles. The Kier molecular flexibility index (Phi) is 5.57. The molecule has 1 aliphatic rings. The summed E-state index contributed by atoms with van der Waals surface area (Å²) in [4.78, 5) is 5.11. The van der Waals surface area contributed by atoms with E-state index in [1.165, 1.54) is 37.7 Å². The summed E-state index contributed by atoms with van der Waals surface area (Å²) in [6, 6.07) is 11.6. The van der Waals surface area contributed by atoms with Crippen LogP contribution in [0.5, 0.6) is 0 Å². The van der Waals surface area contributed by atoms with E-state index >= 15 is 0 Å². The SMILES string of the molecule is Fc1ccc(F)c(CON=Cc2cccc(C3CCCCC3)c2)c1. The van der Waals surface area contributed by atoms with Crippen LogP contribution in [-0.2, 0) is 11.4 Å². The molecule has 0 unspecified atom stereocenters. The van der Waals surface area contributed by atoms with Crippen LogP contribution in [-0.4, -0.2) is 6.21 Å². The van der Waals surface area contributed by atoms with E-state index < -0.39 is 11.6 Å². The van der Waals surface area contributed by atoms with Crippen LogP contribution >= 0.6 is 0 Å². The van der Waals surface area contributed by atoms with Gasteiger partial charge in [0.1, 0.15) is 18.2 Å². The fraction of sp³-hybridized carbons (Fsp3) is 0.350. The summed E-state index contributed by atoms with van der Waals surface area (Å²) in [5, 5.41) is 3.88. The Labute approximate surface area is 141 Å².